The van der Waals surface area contributed by atoms with Crippen LogP contribution in [0.2, 0.25) is 0 Å². The highest BCUT2D eigenvalue weighted by molar-refractivity contribution is 5.69. The van der Waals surface area contributed by atoms with Crippen molar-refractivity contribution in [1.29, 1.82) is 0 Å². The molecule has 18 heavy (non-hydrogen) atoms. The van der Waals surface area contributed by atoms with Gasteiger partial charge in [-0.05, 0) is 41.0 Å². The largest absolute Gasteiger partial charge is 0.444 e. The first kappa shape index (κ1) is 15.2. The van der Waals surface area contributed by atoms with Gasteiger partial charge in [-0.1, -0.05) is 6.92 Å². The second kappa shape index (κ2) is 5.05. The monoisotopic (exact) mass is 259 g/mol. The van der Waals surface area contributed by atoms with Crippen molar-refractivity contribution in [1.82, 2.24) is 4.90 Å². The molecule has 106 valence electrons. The molecule has 5 nitrogen and oxygen atoms in total. The van der Waals surface area contributed by atoms with Gasteiger partial charge in [-0.2, -0.15) is 0 Å². The molecule has 1 N–H and O–H groups in total. The van der Waals surface area contributed by atoms with Gasteiger partial charge in [-0.25, -0.2) is 4.79 Å². The number of hydrogen-bond acceptors (Lipinski definition) is 4. The lowest BCUT2D eigenvalue weighted by Gasteiger charge is -2.36. The Balaban J connectivity index is 2.88. The summed E-state index contributed by atoms with van der Waals surface area (Å²) >= 11 is 0. The van der Waals surface area contributed by atoms with Crippen LogP contribution >= 0.6 is 0 Å². The second-order valence-electron chi connectivity index (χ2n) is 6.15. The summed E-state index contributed by atoms with van der Waals surface area (Å²) in [6.07, 6.45) is -0.467. The highest BCUT2D eigenvalue weighted by Gasteiger charge is 2.47. The van der Waals surface area contributed by atoms with E-state index in [0.717, 1.165) is 0 Å². The molecule has 0 aromatic carbocycles. The molecule has 0 aromatic rings. The predicted molar refractivity (Wildman–Crippen MR) is 68.2 cm³/mol. The van der Waals surface area contributed by atoms with Crippen molar-refractivity contribution in [3.8, 4) is 0 Å². The third-order valence-electron chi connectivity index (χ3n) is 2.97. The van der Waals surface area contributed by atoms with Crippen LogP contribution in [-0.2, 0) is 9.47 Å². The molecular weight excluding hydrogens is 234 g/mol. The van der Waals surface area contributed by atoms with Crippen LogP contribution in [0, 0.1) is 0 Å². The van der Waals surface area contributed by atoms with Crippen LogP contribution in [0.25, 0.3) is 0 Å². The van der Waals surface area contributed by atoms with E-state index in [1.165, 1.54) is 4.90 Å². The maximum atomic E-state index is 12.2. The molecule has 0 bridgehead atoms. The van der Waals surface area contributed by atoms with E-state index < -0.39 is 23.5 Å². The minimum atomic E-state index is -0.747. The van der Waals surface area contributed by atoms with Crippen LogP contribution in [-0.4, -0.2) is 46.2 Å². The van der Waals surface area contributed by atoms with Crippen LogP contribution in [0.4, 0.5) is 4.79 Å². The topological polar surface area (TPSA) is 59.0 Å². The summed E-state index contributed by atoms with van der Waals surface area (Å²) in [6.45, 7) is 11.3. The molecule has 0 aromatic heterocycles. The van der Waals surface area contributed by atoms with Gasteiger partial charge in [-0.15, -0.1) is 0 Å². The number of amides is 1. The Bertz CT molecular complexity index is 309. The van der Waals surface area contributed by atoms with E-state index >= 15 is 0 Å². The van der Waals surface area contributed by atoms with Crippen LogP contribution in [0.1, 0.15) is 48.0 Å². The van der Waals surface area contributed by atoms with Crippen molar-refractivity contribution in [2.75, 3.05) is 6.61 Å². The summed E-state index contributed by atoms with van der Waals surface area (Å²) in [5, 5.41) is 9.98. The molecule has 0 unspecified atom stereocenters. The molecular formula is C13H25NO4. The van der Waals surface area contributed by atoms with Crippen molar-refractivity contribution >= 4 is 6.09 Å². The molecule has 0 saturated carbocycles. The number of hydrogen-bond donors (Lipinski definition) is 1. The summed E-state index contributed by atoms with van der Waals surface area (Å²) < 4.78 is 11.0. The third-order valence-corrected chi connectivity index (χ3v) is 2.97. The van der Waals surface area contributed by atoms with Gasteiger partial charge in [0.1, 0.15) is 11.3 Å². The lowest BCUT2D eigenvalue weighted by molar-refractivity contribution is -0.0678. The van der Waals surface area contributed by atoms with Gasteiger partial charge in [0, 0.05) is 0 Å². The van der Waals surface area contributed by atoms with E-state index in [-0.39, 0.29) is 6.04 Å². The zero-order valence-corrected chi connectivity index (χ0v) is 12.2. The third kappa shape index (κ3) is 3.36. The Hall–Kier alpha value is -0.810. The van der Waals surface area contributed by atoms with Crippen molar-refractivity contribution in [2.45, 2.75) is 71.4 Å². The van der Waals surface area contributed by atoms with Crippen LogP contribution in [0.5, 0.6) is 0 Å². The van der Waals surface area contributed by atoms with E-state index in [1.807, 2.05) is 27.7 Å². The minimum absolute atomic E-state index is 0.335. The number of ether oxygens (including phenoxy) is 2. The molecule has 5 heteroatoms. The van der Waals surface area contributed by atoms with Gasteiger partial charge in [0.05, 0.1) is 18.8 Å². The molecule has 1 rings (SSSR count). The molecule has 0 aliphatic carbocycles. The summed E-state index contributed by atoms with van der Waals surface area (Å²) in [5.74, 6) is 0. The zero-order chi connectivity index (χ0) is 14.1. The average molecular weight is 259 g/mol. The fraction of sp³-hybridized carbons (Fsp3) is 0.923. The molecule has 0 spiro atoms. The van der Waals surface area contributed by atoms with E-state index in [2.05, 4.69) is 0 Å². The van der Waals surface area contributed by atoms with E-state index in [1.54, 1.807) is 13.8 Å². The van der Waals surface area contributed by atoms with Crippen molar-refractivity contribution in [3.63, 3.8) is 0 Å². The second-order valence-corrected chi connectivity index (χ2v) is 6.15. The normalized spacial score (nSPS) is 25.1. The van der Waals surface area contributed by atoms with Crippen LogP contribution in [0.15, 0.2) is 0 Å². The number of carbonyl (C=O) groups excluding carboxylic acids is 1. The van der Waals surface area contributed by atoms with Crippen molar-refractivity contribution < 1.29 is 19.4 Å². The first-order chi connectivity index (χ1) is 8.08. The maximum Gasteiger partial charge on any atom is 0.412 e. The standard InChI is InChI=1S/C13H25NO4/c1-7-10(15)9-8-17-13(5,6)14(9)11(16)18-12(2,3)4/h9-10,15H,7-8H2,1-6H3/t9-,10-/m0/s1. The smallest absolute Gasteiger partial charge is 0.412 e. The Morgan fingerprint density at radius 2 is 2.11 bits per heavy atom. The summed E-state index contributed by atoms with van der Waals surface area (Å²) in [5.41, 5.74) is -1.30. The highest BCUT2D eigenvalue weighted by atomic mass is 16.6. The SMILES string of the molecule is CC[C@H](O)[C@@H]1COC(C)(C)N1C(=O)OC(C)(C)C. The first-order valence-electron chi connectivity index (χ1n) is 6.43. The summed E-state index contributed by atoms with van der Waals surface area (Å²) in [7, 11) is 0. The molecule has 1 aliphatic heterocycles. The molecule has 1 aliphatic rings. The Kier molecular flexibility index (Phi) is 4.28. The number of aliphatic hydroxyl groups is 1. The average Bonchev–Trinajstić information content (AvgIpc) is 2.50. The van der Waals surface area contributed by atoms with E-state index in [9.17, 15) is 9.90 Å². The first-order valence-corrected chi connectivity index (χ1v) is 6.43. The van der Waals surface area contributed by atoms with Gasteiger partial charge in [0.2, 0.25) is 0 Å². The number of carbonyl (C=O) groups is 1. The van der Waals surface area contributed by atoms with Crippen LogP contribution < -0.4 is 0 Å². The van der Waals surface area contributed by atoms with Gasteiger partial charge < -0.3 is 14.6 Å². The van der Waals surface area contributed by atoms with Crippen LogP contribution in [0.3, 0.4) is 0 Å². The van der Waals surface area contributed by atoms with Gasteiger partial charge in [0.15, 0.2) is 0 Å². The van der Waals surface area contributed by atoms with Gasteiger partial charge >= 0.3 is 6.09 Å². The predicted octanol–water partition coefficient (Wildman–Crippen LogP) is 2.13. The number of nitrogens with zero attached hydrogens (tertiary/aromatic N) is 1. The molecule has 2 atom stereocenters. The van der Waals surface area contributed by atoms with E-state index in [0.29, 0.717) is 13.0 Å². The molecule has 1 fully saturated rings. The Labute approximate surface area is 109 Å². The summed E-state index contributed by atoms with van der Waals surface area (Å²) in [4.78, 5) is 13.7. The molecule has 1 saturated heterocycles. The van der Waals surface area contributed by atoms with Gasteiger partial charge in [-0.3, -0.25) is 4.90 Å². The molecule has 1 amide bonds. The lowest BCUT2D eigenvalue weighted by Crippen LogP contribution is -2.53. The maximum absolute atomic E-state index is 12.2. The molecule has 1 heterocycles. The molecule has 0 radical (unpaired) electrons. The fourth-order valence-corrected chi connectivity index (χ4v) is 2.05. The van der Waals surface area contributed by atoms with Crippen molar-refractivity contribution in [3.05, 3.63) is 0 Å². The number of aliphatic hydroxyl groups excluding tert-OH is 1. The fourth-order valence-electron chi connectivity index (χ4n) is 2.05. The summed E-state index contributed by atoms with van der Waals surface area (Å²) in [6, 6.07) is -0.347. The highest BCUT2D eigenvalue weighted by Crippen LogP contribution is 2.31. The minimum Gasteiger partial charge on any atom is -0.444 e. The van der Waals surface area contributed by atoms with E-state index in [4.69, 9.17) is 9.47 Å². The zero-order valence-electron chi connectivity index (χ0n) is 12.2. The van der Waals surface area contributed by atoms with Crippen molar-refractivity contribution in [2.24, 2.45) is 0 Å². The lowest BCUT2D eigenvalue weighted by atomic mass is 10.1. The Morgan fingerprint density at radius 1 is 1.56 bits per heavy atom. The van der Waals surface area contributed by atoms with Gasteiger partial charge in [0.25, 0.3) is 0 Å². The Morgan fingerprint density at radius 3 is 2.56 bits per heavy atom. The quantitative estimate of drug-likeness (QED) is 0.825. The number of rotatable bonds is 2.